The highest BCUT2D eigenvalue weighted by atomic mass is 35.5. The number of hydrogen-bond acceptors (Lipinski definition) is 4. The van der Waals surface area contributed by atoms with Crippen molar-refractivity contribution >= 4 is 28.5 Å². The Balaban J connectivity index is 2.08. The maximum absolute atomic E-state index is 5.86. The monoisotopic (exact) mass is 259 g/mol. The van der Waals surface area contributed by atoms with Gasteiger partial charge in [-0.1, -0.05) is 30.3 Å². The standard InChI is InChI=1S/C12H10ClN5/c13-12-15-10(14)9-8(17-18-11(9)16-12)6-7-4-2-1-3-5-7/h1-5H,6H2,(H3,14,15,16,17,18). The molecule has 5 nitrogen and oxygen atoms in total. The quantitative estimate of drug-likeness (QED) is 0.691. The van der Waals surface area contributed by atoms with Crippen LogP contribution in [0.4, 0.5) is 5.82 Å². The van der Waals surface area contributed by atoms with E-state index in [4.69, 9.17) is 17.3 Å². The van der Waals surface area contributed by atoms with E-state index in [1.54, 1.807) is 0 Å². The Kier molecular flexibility index (Phi) is 2.60. The lowest BCUT2D eigenvalue weighted by Gasteiger charge is -2.01. The number of hydrogen-bond donors (Lipinski definition) is 2. The molecule has 0 aliphatic heterocycles. The molecule has 90 valence electrons. The predicted molar refractivity (Wildman–Crippen MR) is 70.4 cm³/mol. The summed E-state index contributed by atoms with van der Waals surface area (Å²) in [6.07, 6.45) is 0.701. The summed E-state index contributed by atoms with van der Waals surface area (Å²) in [7, 11) is 0. The van der Waals surface area contributed by atoms with Crippen LogP contribution in [0.1, 0.15) is 11.3 Å². The average Bonchev–Trinajstić information content (AvgIpc) is 2.73. The first-order valence-corrected chi connectivity index (χ1v) is 5.82. The molecule has 6 heteroatoms. The van der Waals surface area contributed by atoms with Gasteiger partial charge in [-0.2, -0.15) is 10.1 Å². The normalized spacial score (nSPS) is 10.9. The lowest BCUT2D eigenvalue weighted by atomic mass is 10.1. The molecule has 0 bridgehead atoms. The van der Waals surface area contributed by atoms with Crippen LogP contribution in [0.2, 0.25) is 5.28 Å². The summed E-state index contributed by atoms with van der Waals surface area (Å²) in [5, 5.41) is 7.88. The van der Waals surface area contributed by atoms with Crippen molar-refractivity contribution in [3.8, 4) is 0 Å². The van der Waals surface area contributed by atoms with E-state index >= 15 is 0 Å². The molecule has 3 N–H and O–H groups in total. The van der Waals surface area contributed by atoms with Gasteiger partial charge in [-0.15, -0.1) is 0 Å². The molecule has 0 spiro atoms. The van der Waals surface area contributed by atoms with Crippen molar-refractivity contribution in [2.24, 2.45) is 0 Å². The summed E-state index contributed by atoms with van der Waals surface area (Å²) < 4.78 is 0. The third-order valence-electron chi connectivity index (χ3n) is 2.71. The van der Waals surface area contributed by atoms with E-state index < -0.39 is 0 Å². The second-order valence-electron chi connectivity index (χ2n) is 3.94. The van der Waals surface area contributed by atoms with E-state index in [1.165, 1.54) is 0 Å². The van der Waals surface area contributed by atoms with Crippen molar-refractivity contribution in [2.75, 3.05) is 5.73 Å². The number of fused-ring (bicyclic) bond motifs is 1. The van der Waals surface area contributed by atoms with E-state index in [-0.39, 0.29) is 5.28 Å². The fraction of sp³-hybridized carbons (Fsp3) is 0.0833. The minimum absolute atomic E-state index is 0.109. The zero-order valence-corrected chi connectivity index (χ0v) is 10.1. The van der Waals surface area contributed by atoms with Crippen molar-refractivity contribution in [1.82, 2.24) is 20.2 Å². The van der Waals surface area contributed by atoms with Gasteiger partial charge in [0.1, 0.15) is 5.82 Å². The maximum atomic E-state index is 5.86. The lowest BCUT2D eigenvalue weighted by molar-refractivity contribution is 1.00. The van der Waals surface area contributed by atoms with Crippen LogP contribution in [0.25, 0.3) is 11.0 Å². The van der Waals surface area contributed by atoms with Crippen molar-refractivity contribution in [2.45, 2.75) is 6.42 Å². The molecule has 1 aromatic carbocycles. The SMILES string of the molecule is Nc1nc(Cl)nc2n[nH]c(Cc3ccccc3)c12. The van der Waals surface area contributed by atoms with E-state index in [1.807, 2.05) is 30.3 Å². The van der Waals surface area contributed by atoms with E-state index in [9.17, 15) is 0 Å². The van der Waals surface area contributed by atoms with Gasteiger partial charge in [-0.25, -0.2) is 4.98 Å². The zero-order valence-electron chi connectivity index (χ0n) is 9.39. The fourth-order valence-electron chi connectivity index (χ4n) is 1.91. The van der Waals surface area contributed by atoms with Crippen molar-refractivity contribution in [3.05, 3.63) is 46.9 Å². The number of aromatic nitrogens is 4. The molecule has 0 amide bonds. The number of nitrogens with zero attached hydrogens (tertiary/aromatic N) is 3. The van der Waals surface area contributed by atoms with Gasteiger partial charge in [-0.3, -0.25) is 5.10 Å². The molecule has 0 saturated carbocycles. The molecule has 3 rings (SSSR count). The number of nitrogen functional groups attached to an aromatic ring is 1. The highest BCUT2D eigenvalue weighted by Crippen LogP contribution is 2.23. The average molecular weight is 260 g/mol. The van der Waals surface area contributed by atoms with Gasteiger partial charge in [0.2, 0.25) is 5.28 Å². The van der Waals surface area contributed by atoms with Crippen LogP contribution in [-0.2, 0) is 6.42 Å². The van der Waals surface area contributed by atoms with Gasteiger partial charge in [0, 0.05) is 6.42 Å². The summed E-state index contributed by atoms with van der Waals surface area (Å²) in [6.45, 7) is 0. The molecular formula is C12H10ClN5. The molecular weight excluding hydrogens is 250 g/mol. The molecule has 0 fully saturated rings. The molecule has 0 aliphatic carbocycles. The Bertz CT molecular complexity index is 692. The summed E-state index contributed by atoms with van der Waals surface area (Å²) in [5.41, 5.74) is 8.42. The Morgan fingerprint density at radius 1 is 1.17 bits per heavy atom. The highest BCUT2D eigenvalue weighted by molar-refractivity contribution is 6.28. The summed E-state index contributed by atoms with van der Waals surface area (Å²) in [5.74, 6) is 0.352. The van der Waals surface area contributed by atoms with Gasteiger partial charge in [-0.05, 0) is 17.2 Å². The van der Waals surface area contributed by atoms with E-state index in [2.05, 4.69) is 20.2 Å². The smallest absolute Gasteiger partial charge is 0.226 e. The molecule has 0 atom stereocenters. The molecule has 0 unspecified atom stereocenters. The molecule has 2 aromatic heterocycles. The van der Waals surface area contributed by atoms with Crippen LogP contribution < -0.4 is 5.73 Å². The second-order valence-corrected chi connectivity index (χ2v) is 4.28. The first-order chi connectivity index (χ1) is 8.74. The van der Waals surface area contributed by atoms with Crippen LogP contribution in [0.15, 0.2) is 30.3 Å². The van der Waals surface area contributed by atoms with Crippen LogP contribution >= 0.6 is 11.6 Å². The number of halogens is 1. The maximum Gasteiger partial charge on any atom is 0.226 e. The lowest BCUT2D eigenvalue weighted by Crippen LogP contribution is -1.96. The first-order valence-electron chi connectivity index (χ1n) is 5.44. The van der Waals surface area contributed by atoms with Gasteiger partial charge < -0.3 is 5.73 Å². The van der Waals surface area contributed by atoms with Crippen molar-refractivity contribution in [3.63, 3.8) is 0 Å². The number of benzene rings is 1. The predicted octanol–water partition coefficient (Wildman–Crippen LogP) is 2.18. The Labute approximate surface area is 108 Å². The van der Waals surface area contributed by atoms with Gasteiger partial charge in [0.05, 0.1) is 11.1 Å². The molecule has 18 heavy (non-hydrogen) atoms. The fourth-order valence-corrected chi connectivity index (χ4v) is 2.08. The number of nitrogens with two attached hydrogens (primary N) is 1. The Hall–Kier alpha value is -2.14. The van der Waals surface area contributed by atoms with Gasteiger partial charge in [0.25, 0.3) is 0 Å². The van der Waals surface area contributed by atoms with Crippen LogP contribution in [0, 0.1) is 0 Å². The van der Waals surface area contributed by atoms with Gasteiger partial charge in [0.15, 0.2) is 5.65 Å². The zero-order chi connectivity index (χ0) is 12.5. The number of nitrogens with one attached hydrogen (secondary N) is 1. The first kappa shape index (κ1) is 11.0. The number of anilines is 1. The van der Waals surface area contributed by atoms with Crippen LogP contribution in [0.5, 0.6) is 0 Å². The third kappa shape index (κ3) is 1.89. The second kappa shape index (κ2) is 4.27. The topological polar surface area (TPSA) is 80.5 Å². The molecule has 2 heterocycles. The minimum atomic E-state index is 0.109. The van der Waals surface area contributed by atoms with Crippen LogP contribution in [-0.4, -0.2) is 20.2 Å². The highest BCUT2D eigenvalue weighted by Gasteiger charge is 2.12. The third-order valence-corrected chi connectivity index (χ3v) is 2.88. The summed E-state index contributed by atoms with van der Waals surface area (Å²) in [6, 6.07) is 10.0. The van der Waals surface area contributed by atoms with E-state index in [0.717, 1.165) is 16.6 Å². The largest absolute Gasteiger partial charge is 0.383 e. The number of rotatable bonds is 2. The number of H-pyrrole nitrogens is 1. The Morgan fingerprint density at radius 3 is 2.72 bits per heavy atom. The summed E-state index contributed by atoms with van der Waals surface area (Å²) in [4.78, 5) is 7.98. The van der Waals surface area contributed by atoms with Crippen molar-refractivity contribution in [1.29, 1.82) is 0 Å². The number of aromatic amines is 1. The van der Waals surface area contributed by atoms with Crippen molar-refractivity contribution < 1.29 is 0 Å². The Morgan fingerprint density at radius 2 is 1.94 bits per heavy atom. The molecule has 0 aliphatic rings. The molecule has 0 radical (unpaired) electrons. The minimum Gasteiger partial charge on any atom is -0.383 e. The van der Waals surface area contributed by atoms with Gasteiger partial charge >= 0.3 is 0 Å². The molecule has 0 saturated heterocycles. The van der Waals surface area contributed by atoms with Crippen LogP contribution in [0.3, 0.4) is 0 Å². The summed E-state index contributed by atoms with van der Waals surface area (Å²) >= 11 is 5.74. The van der Waals surface area contributed by atoms with E-state index in [0.29, 0.717) is 17.9 Å². The molecule has 3 aromatic rings.